The maximum Gasteiger partial charge on any atom is 0.161 e. The normalized spacial score (nSPS) is 10.2. The molecule has 0 atom stereocenters. The fourth-order valence-corrected chi connectivity index (χ4v) is 1.76. The largest absolute Gasteiger partial charge is 0.493 e. The molecule has 2 N–H and O–H groups in total. The smallest absolute Gasteiger partial charge is 0.161 e. The highest BCUT2D eigenvalue weighted by atomic mass is 35.5. The third-order valence-electron chi connectivity index (χ3n) is 2.49. The summed E-state index contributed by atoms with van der Waals surface area (Å²) in [4.78, 5) is 0. The molecule has 0 amide bonds. The van der Waals surface area contributed by atoms with Crippen molar-refractivity contribution in [1.29, 1.82) is 0 Å². The average molecular weight is 266 g/mol. The van der Waals surface area contributed by atoms with Crippen LogP contribution in [0.5, 0.6) is 11.5 Å². The van der Waals surface area contributed by atoms with E-state index in [2.05, 4.69) is 10.2 Å². The van der Waals surface area contributed by atoms with Crippen LogP contribution in [0, 0.1) is 0 Å². The first-order valence-electron chi connectivity index (χ1n) is 5.16. The van der Waals surface area contributed by atoms with Crippen LogP contribution in [0.15, 0.2) is 24.3 Å². The number of halogens is 1. The predicted molar refractivity (Wildman–Crippen MR) is 70.0 cm³/mol. The molecule has 6 heteroatoms. The Bertz CT molecular complexity index is 575. The van der Waals surface area contributed by atoms with Gasteiger partial charge < -0.3 is 15.2 Å². The standard InChI is InChI=1S/C12H12ClN3O2/c1-17-9-4-3-7(5-10(9)18-2)8-6-11(13)15-16-12(8)14/h3-6H,1-2H3,(H2,14,16). The van der Waals surface area contributed by atoms with Gasteiger partial charge in [-0.3, -0.25) is 0 Å². The molecule has 0 aliphatic carbocycles. The van der Waals surface area contributed by atoms with Crippen molar-refractivity contribution in [2.24, 2.45) is 0 Å². The summed E-state index contributed by atoms with van der Waals surface area (Å²) in [6.07, 6.45) is 0. The van der Waals surface area contributed by atoms with Crippen molar-refractivity contribution in [2.75, 3.05) is 20.0 Å². The maximum absolute atomic E-state index is 5.81. The number of benzene rings is 1. The number of anilines is 1. The summed E-state index contributed by atoms with van der Waals surface area (Å²) >= 11 is 5.81. The van der Waals surface area contributed by atoms with Gasteiger partial charge in [0.25, 0.3) is 0 Å². The van der Waals surface area contributed by atoms with E-state index in [-0.39, 0.29) is 5.15 Å². The number of methoxy groups -OCH3 is 2. The Kier molecular flexibility index (Phi) is 3.53. The third-order valence-corrected chi connectivity index (χ3v) is 2.67. The fourth-order valence-electron chi connectivity index (χ4n) is 1.61. The van der Waals surface area contributed by atoms with E-state index in [0.29, 0.717) is 22.9 Å². The van der Waals surface area contributed by atoms with Gasteiger partial charge in [-0.05, 0) is 23.8 Å². The molecule has 0 aliphatic rings. The number of ether oxygens (including phenoxy) is 2. The molecule has 2 aromatic rings. The van der Waals surface area contributed by atoms with Gasteiger partial charge in [-0.15, -0.1) is 10.2 Å². The first-order valence-corrected chi connectivity index (χ1v) is 5.54. The second-order valence-electron chi connectivity index (χ2n) is 3.54. The summed E-state index contributed by atoms with van der Waals surface area (Å²) in [6.45, 7) is 0. The molecule has 18 heavy (non-hydrogen) atoms. The first-order chi connectivity index (χ1) is 8.65. The summed E-state index contributed by atoms with van der Waals surface area (Å²) in [5.74, 6) is 1.57. The predicted octanol–water partition coefficient (Wildman–Crippen LogP) is 2.40. The average Bonchev–Trinajstić information content (AvgIpc) is 2.40. The number of rotatable bonds is 3. The molecule has 1 heterocycles. The van der Waals surface area contributed by atoms with Crippen molar-refractivity contribution in [3.05, 3.63) is 29.4 Å². The quantitative estimate of drug-likeness (QED) is 0.923. The molecule has 1 aromatic carbocycles. The summed E-state index contributed by atoms with van der Waals surface area (Å²) < 4.78 is 10.4. The Morgan fingerprint density at radius 3 is 2.44 bits per heavy atom. The highest BCUT2D eigenvalue weighted by molar-refractivity contribution is 6.29. The van der Waals surface area contributed by atoms with Gasteiger partial charge in [0, 0.05) is 5.56 Å². The molecular weight excluding hydrogens is 254 g/mol. The molecular formula is C12H12ClN3O2. The molecule has 0 saturated carbocycles. The molecule has 0 fully saturated rings. The van der Waals surface area contributed by atoms with Gasteiger partial charge in [0.15, 0.2) is 22.5 Å². The minimum atomic E-state index is 0.286. The van der Waals surface area contributed by atoms with Crippen LogP contribution in [0.25, 0.3) is 11.1 Å². The molecule has 0 bridgehead atoms. The second kappa shape index (κ2) is 5.10. The van der Waals surface area contributed by atoms with E-state index in [9.17, 15) is 0 Å². The van der Waals surface area contributed by atoms with Gasteiger partial charge in [0.05, 0.1) is 14.2 Å². The summed E-state index contributed by atoms with van der Waals surface area (Å²) in [6, 6.07) is 7.11. The van der Waals surface area contributed by atoms with Gasteiger partial charge in [0.1, 0.15) is 0 Å². The summed E-state index contributed by atoms with van der Waals surface area (Å²) in [7, 11) is 3.15. The Hall–Kier alpha value is -2.01. The molecule has 2 rings (SSSR count). The fraction of sp³-hybridized carbons (Fsp3) is 0.167. The Morgan fingerprint density at radius 1 is 1.06 bits per heavy atom. The molecule has 0 saturated heterocycles. The summed E-state index contributed by atoms with van der Waals surface area (Å²) in [5, 5.41) is 7.74. The van der Waals surface area contributed by atoms with Crippen LogP contribution < -0.4 is 15.2 Å². The van der Waals surface area contributed by atoms with Crippen molar-refractivity contribution in [2.45, 2.75) is 0 Å². The van der Waals surface area contributed by atoms with Crippen LogP contribution in [0.3, 0.4) is 0 Å². The lowest BCUT2D eigenvalue weighted by molar-refractivity contribution is 0.355. The van der Waals surface area contributed by atoms with Crippen molar-refractivity contribution < 1.29 is 9.47 Å². The van der Waals surface area contributed by atoms with Gasteiger partial charge in [-0.2, -0.15) is 0 Å². The van der Waals surface area contributed by atoms with Gasteiger partial charge >= 0.3 is 0 Å². The lowest BCUT2D eigenvalue weighted by atomic mass is 10.1. The highest BCUT2D eigenvalue weighted by Gasteiger charge is 2.10. The third kappa shape index (κ3) is 2.31. The van der Waals surface area contributed by atoms with E-state index in [0.717, 1.165) is 5.56 Å². The molecule has 0 spiro atoms. The van der Waals surface area contributed by atoms with Crippen LogP contribution in [0.4, 0.5) is 5.82 Å². The van der Waals surface area contributed by atoms with Crippen LogP contribution in [-0.4, -0.2) is 24.4 Å². The van der Waals surface area contributed by atoms with E-state index < -0.39 is 0 Å². The SMILES string of the molecule is COc1ccc(-c2cc(Cl)nnc2N)cc1OC. The second-order valence-corrected chi connectivity index (χ2v) is 3.92. The zero-order chi connectivity index (χ0) is 13.1. The van der Waals surface area contributed by atoms with Crippen LogP contribution in [-0.2, 0) is 0 Å². The van der Waals surface area contributed by atoms with Crippen LogP contribution >= 0.6 is 11.6 Å². The lowest BCUT2D eigenvalue weighted by Gasteiger charge is -2.10. The van der Waals surface area contributed by atoms with E-state index in [1.54, 1.807) is 26.4 Å². The van der Waals surface area contributed by atoms with Crippen molar-refractivity contribution in [3.8, 4) is 22.6 Å². The van der Waals surface area contributed by atoms with Gasteiger partial charge in [-0.1, -0.05) is 17.7 Å². The van der Waals surface area contributed by atoms with E-state index in [4.69, 9.17) is 26.8 Å². The molecule has 94 valence electrons. The monoisotopic (exact) mass is 265 g/mol. The van der Waals surface area contributed by atoms with Crippen molar-refractivity contribution in [3.63, 3.8) is 0 Å². The lowest BCUT2D eigenvalue weighted by Crippen LogP contribution is -1.97. The molecule has 5 nitrogen and oxygen atoms in total. The minimum Gasteiger partial charge on any atom is -0.493 e. The molecule has 0 unspecified atom stereocenters. The maximum atomic E-state index is 5.81. The molecule has 0 radical (unpaired) electrons. The number of nitrogen functional groups attached to an aromatic ring is 1. The molecule has 1 aromatic heterocycles. The van der Waals surface area contributed by atoms with Crippen LogP contribution in [0.2, 0.25) is 5.15 Å². The number of nitrogens with zero attached hydrogens (tertiary/aromatic N) is 2. The zero-order valence-corrected chi connectivity index (χ0v) is 10.7. The topological polar surface area (TPSA) is 70.3 Å². The Balaban J connectivity index is 2.54. The van der Waals surface area contributed by atoms with Crippen molar-refractivity contribution in [1.82, 2.24) is 10.2 Å². The van der Waals surface area contributed by atoms with E-state index >= 15 is 0 Å². The number of hydrogen-bond donors (Lipinski definition) is 1. The Labute approximate surface area is 109 Å². The highest BCUT2D eigenvalue weighted by Crippen LogP contribution is 2.34. The number of nitrogens with two attached hydrogens (primary N) is 1. The summed E-state index contributed by atoms with van der Waals surface area (Å²) in [5.41, 5.74) is 7.32. The number of aromatic nitrogens is 2. The minimum absolute atomic E-state index is 0.286. The van der Waals surface area contributed by atoms with E-state index in [1.165, 1.54) is 0 Å². The van der Waals surface area contributed by atoms with Gasteiger partial charge in [0.2, 0.25) is 0 Å². The Morgan fingerprint density at radius 2 is 1.78 bits per heavy atom. The zero-order valence-electron chi connectivity index (χ0n) is 9.98. The van der Waals surface area contributed by atoms with Crippen LogP contribution in [0.1, 0.15) is 0 Å². The van der Waals surface area contributed by atoms with Gasteiger partial charge in [-0.25, -0.2) is 0 Å². The first kappa shape index (κ1) is 12.4. The molecule has 0 aliphatic heterocycles. The number of hydrogen-bond acceptors (Lipinski definition) is 5. The van der Waals surface area contributed by atoms with Crippen molar-refractivity contribution >= 4 is 17.4 Å². The van der Waals surface area contributed by atoms with E-state index in [1.807, 2.05) is 12.1 Å².